The van der Waals surface area contributed by atoms with E-state index in [-0.39, 0.29) is 15.4 Å². The summed E-state index contributed by atoms with van der Waals surface area (Å²) in [6, 6.07) is 6.70. The summed E-state index contributed by atoms with van der Waals surface area (Å²) in [6.07, 6.45) is 2.72. The van der Waals surface area contributed by atoms with Crippen molar-refractivity contribution in [2.75, 3.05) is 12.4 Å². The highest BCUT2D eigenvalue weighted by Gasteiger charge is 2.27. The minimum Gasteiger partial charge on any atom is -0.465 e. The Morgan fingerprint density at radius 1 is 1.17 bits per heavy atom. The fourth-order valence-corrected chi connectivity index (χ4v) is 5.66. The summed E-state index contributed by atoms with van der Waals surface area (Å²) in [5, 5.41) is 3.51. The van der Waals surface area contributed by atoms with Crippen LogP contribution in [0.5, 0.6) is 0 Å². The van der Waals surface area contributed by atoms with Crippen molar-refractivity contribution in [2.45, 2.75) is 50.3 Å². The van der Waals surface area contributed by atoms with Crippen molar-refractivity contribution in [2.24, 2.45) is 0 Å². The van der Waals surface area contributed by atoms with E-state index >= 15 is 0 Å². The number of esters is 1. The molecule has 1 aromatic carbocycles. The zero-order valence-electron chi connectivity index (χ0n) is 17.3. The molecule has 0 aliphatic heterocycles. The lowest BCUT2D eigenvalue weighted by atomic mass is 9.87. The van der Waals surface area contributed by atoms with Gasteiger partial charge in [0.2, 0.25) is 0 Å². The molecule has 1 aliphatic rings. The standard InChI is InChI=1S/C20H25N3O4S3/c1-20(2,3)12-8-10-13(11-9-12)30(25,26)23-22-19(28)21-17-16(18(24)27-4)14-6-5-7-15(14)29-17/h8-11,23H,5-7H2,1-4H3,(H2,21,22,28). The van der Waals surface area contributed by atoms with Gasteiger partial charge in [0.1, 0.15) is 5.00 Å². The maximum absolute atomic E-state index is 12.6. The van der Waals surface area contributed by atoms with Crippen molar-refractivity contribution >= 4 is 49.7 Å². The molecule has 2 aromatic rings. The second kappa shape index (κ2) is 8.62. The number of aryl methyl sites for hydroxylation is 1. The molecule has 0 unspecified atom stereocenters. The predicted molar refractivity (Wildman–Crippen MR) is 123 cm³/mol. The molecule has 3 rings (SSSR count). The fourth-order valence-electron chi connectivity index (χ4n) is 3.25. The van der Waals surface area contributed by atoms with Crippen LogP contribution in [0.3, 0.4) is 0 Å². The van der Waals surface area contributed by atoms with Gasteiger partial charge in [0.25, 0.3) is 10.0 Å². The molecule has 10 heteroatoms. The average Bonchev–Trinajstić information content (AvgIpc) is 3.26. The molecule has 162 valence electrons. The van der Waals surface area contributed by atoms with Gasteiger partial charge in [-0.3, -0.25) is 5.43 Å². The Bertz CT molecular complexity index is 1070. The Morgan fingerprint density at radius 2 is 1.83 bits per heavy atom. The summed E-state index contributed by atoms with van der Waals surface area (Å²) in [5.74, 6) is -0.431. The van der Waals surface area contributed by atoms with Gasteiger partial charge in [0.05, 0.1) is 17.6 Å². The lowest BCUT2D eigenvalue weighted by Crippen LogP contribution is -2.43. The first-order chi connectivity index (χ1) is 14.0. The lowest BCUT2D eigenvalue weighted by molar-refractivity contribution is 0.0601. The van der Waals surface area contributed by atoms with Crippen LogP contribution in [-0.2, 0) is 33.0 Å². The monoisotopic (exact) mass is 467 g/mol. The summed E-state index contributed by atoms with van der Waals surface area (Å²) in [7, 11) is -2.48. The first-order valence-electron chi connectivity index (χ1n) is 9.45. The van der Waals surface area contributed by atoms with Crippen LogP contribution >= 0.6 is 23.6 Å². The molecule has 3 N–H and O–H groups in total. The Hall–Kier alpha value is -2.01. The zero-order valence-corrected chi connectivity index (χ0v) is 19.7. The average molecular weight is 468 g/mol. The minimum absolute atomic E-state index is 0.0370. The number of hydrogen-bond acceptors (Lipinski definition) is 6. The number of hydrogen-bond donors (Lipinski definition) is 3. The van der Waals surface area contributed by atoms with E-state index in [1.165, 1.54) is 18.4 Å². The number of anilines is 1. The Balaban J connectivity index is 1.68. The molecule has 1 aliphatic carbocycles. The van der Waals surface area contributed by atoms with Crippen molar-refractivity contribution in [1.82, 2.24) is 10.3 Å². The number of hydrazine groups is 1. The third kappa shape index (κ3) is 4.83. The van der Waals surface area contributed by atoms with Gasteiger partial charge in [-0.25, -0.2) is 13.2 Å². The van der Waals surface area contributed by atoms with Crippen LogP contribution in [0.1, 0.15) is 53.6 Å². The SMILES string of the molecule is COC(=O)c1c(NC(=S)NNS(=O)(=O)c2ccc(C(C)(C)C)cc2)sc2c1CCC2. The molecule has 0 amide bonds. The van der Waals surface area contributed by atoms with Gasteiger partial charge in [-0.1, -0.05) is 32.9 Å². The molecule has 30 heavy (non-hydrogen) atoms. The number of fused-ring (bicyclic) bond motifs is 1. The number of carbonyl (C=O) groups excluding carboxylic acids is 1. The van der Waals surface area contributed by atoms with E-state index in [0.29, 0.717) is 10.6 Å². The summed E-state index contributed by atoms with van der Waals surface area (Å²) < 4.78 is 30.0. The number of carbonyl (C=O) groups is 1. The van der Waals surface area contributed by atoms with Gasteiger partial charge in [-0.05, 0) is 60.2 Å². The maximum atomic E-state index is 12.6. The molecule has 7 nitrogen and oxygen atoms in total. The number of ether oxygens (including phenoxy) is 1. The van der Waals surface area contributed by atoms with Crippen molar-refractivity contribution in [3.8, 4) is 0 Å². The van der Waals surface area contributed by atoms with Gasteiger partial charge in [-0.2, -0.15) is 0 Å². The van der Waals surface area contributed by atoms with Gasteiger partial charge < -0.3 is 10.1 Å². The molecule has 0 saturated carbocycles. The van der Waals surface area contributed by atoms with Crippen LogP contribution in [-0.4, -0.2) is 26.6 Å². The van der Waals surface area contributed by atoms with E-state index in [0.717, 1.165) is 35.3 Å². The molecule has 0 spiro atoms. The predicted octanol–water partition coefficient (Wildman–Crippen LogP) is 3.50. The molecule has 0 bridgehead atoms. The van der Waals surface area contributed by atoms with Crippen molar-refractivity contribution in [1.29, 1.82) is 0 Å². The largest absolute Gasteiger partial charge is 0.465 e. The van der Waals surface area contributed by atoms with E-state index in [1.807, 2.05) is 0 Å². The number of nitrogens with one attached hydrogen (secondary N) is 3. The second-order valence-corrected chi connectivity index (χ2v) is 11.2. The van der Waals surface area contributed by atoms with Crippen LogP contribution < -0.4 is 15.6 Å². The number of sulfonamides is 1. The van der Waals surface area contributed by atoms with Crippen molar-refractivity contribution in [3.63, 3.8) is 0 Å². The van der Waals surface area contributed by atoms with E-state index in [2.05, 4.69) is 36.3 Å². The number of thiophene rings is 1. The van der Waals surface area contributed by atoms with Gasteiger partial charge in [-0.15, -0.1) is 16.2 Å². The highest BCUT2D eigenvalue weighted by molar-refractivity contribution is 7.89. The molecule has 1 aromatic heterocycles. The van der Waals surface area contributed by atoms with Crippen LogP contribution in [0.25, 0.3) is 0 Å². The number of methoxy groups -OCH3 is 1. The number of thiocarbonyl (C=S) groups is 1. The van der Waals surface area contributed by atoms with Gasteiger partial charge in [0.15, 0.2) is 5.11 Å². The van der Waals surface area contributed by atoms with Crippen LogP contribution in [0.15, 0.2) is 29.2 Å². The third-order valence-electron chi connectivity index (χ3n) is 4.87. The Labute approximate surface area is 186 Å². The highest BCUT2D eigenvalue weighted by Crippen LogP contribution is 2.39. The number of rotatable bonds is 5. The molecule has 0 radical (unpaired) electrons. The van der Waals surface area contributed by atoms with E-state index in [4.69, 9.17) is 17.0 Å². The lowest BCUT2D eigenvalue weighted by Gasteiger charge is -2.19. The van der Waals surface area contributed by atoms with Crippen LogP contribution in [0.4, 0.5) is 5.00 Å². The Kier molecular flexibility index (Phi) is 6.51. The molecule has 0 saturated heterocycles. The van der Waals surface area contributed by atoms with E-state index in [1.54, 1.807) is 24.3 Å². The first-order valence-corrected chi connectivity index (χ1v) is 12.2. The number of benzene rings is 1. The topological polar surface area (TPSA) is 96.5 Å². The summed E-state index contributed by atoms with van der Waals surface area (Å²) in [4.78, 5) is 15.7. The smallest absolute Gasteiger partial charge is 0.341 e. The normalized spacial score (nSPS) is 13.6. The summed E-state index contributed by atoms with van der Waals surface area (Å²) in [5.41, 5.74) is 4.92. The minimum atomic E-state index is -3.81. The molecule has 1 heterocycles. The molecule has 0 atom stereocenters. The molecular weight excluding hydrogens is 442 g/mol. The Morgan fingerprint density at radius 3 is 2.43 bits per heavy atom. The highest BCUT2D eigenvalue weighted by atomic mass is 32.2. The maximum Gasteiger partial charge on any atom is 0.341 e. The molecular formula is C20H25N3O4S3. The fraction of sp³-hybridized carbons (Fsp3) is 0.400. The van der Waals surface area contributed by atoms with Crippen molar-refractivity contribution < 1.29 is 17.9 Å². The van der Waals surface area contributed by atoms with E-state index < -0.39 is 16.0 Å². The quantitative estimate of drug-likeness (QED) is 0.352. The van der Waals surface area contributed by atoms with Crippen LogP contribution in [0.2, 0.25) is 0 Å². The van der Waals surface area contributed by atoms with E-state index in [9.17, 15) is 13.2 Å². The van der Waals surface area contributed by atoms with Crippen molar-refractivity contribution in [3.05, 3.63) is 45.8 Å². The van der Waals surface area contributed by atoms with Gasteiger partial charge in [0, 0.05) is 4.88 Å². The summed E-state index contributed by atoms with van der Waals surface area (Å²) in [6.45, 7) is 6.18. The second-order valence-electron chi connectivity index (χ2n) is 8.01. The van der Waals surface area contributed by atoms with Crippen LogP contribution in [0, 0.1) is 0 Å². The van der Waals surface area contributed by atoms with Gasteiger partial charge >= 0.3 is 5.97 Å². The first kappa shape index (κ1) is 22.7. The third-order valence-corrected chi connectivity index (χ3v) is 7.54. The molecule has 0 fully saturated rings. The summed E-state index contributed by atoms with van der Waals surface area (Å²) >= 11 is 6.66. The zero-order chi connectivity index (χ0) is 22.1.